The molecule has 3 aromatic rings. The molecule has 0 unspecified atom stereocenters. The van der Waals surface area contributed by atoms with Crippen molar-refractivity contribution in [2.75, 3.05) is 0 Å². The second kappa shape index (κ2) is 12.1. The van der Waals surface area contributed by atoms with Gasteiger partial charge in [0.25, 0.3) is 0 Å². The predicted molar refractivity (Wildman–Crippen MR) is 132 cm³/mol. The zero-order chi connectivity index (χ0) is 22.8. The molecule has 0 bridgehead atoms. The van der Waals surface area contributed by atoms with Crippen molar-refractivity contribution in [2.24, 2.45) is 0 Å². The average molecular weight is 431 g/mol. The first-order valence-corrected chi connectivity index (χ1v) is 11.5. The number of benzene rings is 3. The van der Waals surface area contributed by atoms with Gasteiger partial charge >= 0.3 is 0 Å². The summed E-state index contributed by atoms with van der Waals surface area (Å²) in [6.07, 6.45) is 13.0. The van der Waals surface area contributed by atoms with Crippen molar-refractivity contribution in [1.29, 1.82) is 0 Å². The summed E-state index contributed by atoms with van der Waals surface area (Å²) in [6.45, 7) is 3.97. The molecule has 0 fully saturated rings. The van der Waals surface area contributed by atoms with Gasteiger partial charge in [0.05, 0.1) is 0 Å². The van der Waals surface area contributed by atoms with Crippen LogP contribution >= 0.6 is 0 Å². The number of aryl methyl sites for hydroxylation is 4. The average Bonchev–Trinajstić information content (AvgIpc) is 2.80. The Bertz CT molecular complexity index is 1060. The molecule has 0 heterocycles. The first-order chi connectivity index (χ1) is 15.6. The molecule has 0 aromatic heterocycles. The fraction of sp³-hybridized carbons (Fsp3) is 0.267. The third-order valence-electron chi connectivity index (χ3n) is 5.79. The van der Waals surface area contributed by atoms with Gasteiger partial charge in [-0.05, 0) is 97.9 Å². The van der Waals surface area contributed by atoms with Gasteiger partial charge in [-0.3, -0.25) is 0 Å². The van der Waals surface area contributed by atoms with E-state index in [0.29, 0.717) is 12.8 Å². The molecule has 0 aliphatic rings. The Kier molecular flexibility index (Phi) is 8.98. The second-order valence-electron chi connectivity index (χ2n) is 8.14. The summed E-state index contributed by atoms with van der Waals surface area (Å²) in [6, 6.07) is 19.2. The Morgan fingerprint density at radius 1 is 0.562 bits per heavy atom. The van der Waals surface area contributed by atoms with Crippen molar-refractivity contribution < 1.29 is 8.78 Å². The first kappa shape index (κ1) is 23.7. The summed E-state index contributed by atoms with van der Waals surface area (Å²) < 4.78 is 28.9. The Morgan fingerprint density at radius 3 is 1.78 bits per heavy atom. The second-order valence-corrected chi connectivity index (χ2v) is 8.14. The van der Waals surface area contributed by atoms with Crippen LogP contribution < -0.4 is 0 Å². The summed E-state index contributed by atoms with van der Waals surface area (Å²) >= 11 is 0. The Hall–Kier alpha value is -3.00. The highest BCUT2D eigenvalue weighted by atomic mass is 19.1. The largest absolute Gasteiger partial charge is 0.207 e. The van der Waals surface area contributed by atoms with E-state index in [1.54, 1.807) is 12.1 Å². The van der Waals surface area contributed by atoms with Crippen molar-refractivity contribution in [3.8, 4) is 11.1 Å². The lowest BCUT2D eigenvalue weighted by atomic mass is 9.98. The van der Waals surface area contributed by atoms with Crippen molar-refractivity contribution in [2.45, 2.75) is 52.4 Å². The lowest BCUT2D eigenvalue weighted by Gasteiger charge is -2.09. The molecule has 3 aromatic carbocycles. The maximum atomic E-state index is 14.5. The lowest BCUT2D eigenvalue weighted by Crippen LogP contribution is -1.97. The van der Waals surface area contributed by atoms with Crippen LogP contribution in [0.15, 0.2) is 85.0 Å². The van der Waals surface area contributed by atoms with Gasteiger partial charge in [0.1, 0.15) is 11.6 Å². The highest BCUT2D eigenvalue weighted by Crippen LogP contribution is 2.24. The topological polar surface area (TPSA) is 0 Å². The predicted octanol–water partition coefficient (Wildman–Crippen LogP) is 8.43. The molecule has 2 heteroatoms. The minimum atomic E-state index is -0.152. The third kappa shape index (κ3) is 6.75. The van der Waals surface area contributed by atoms with Crippen LogP contribution in [0.1, 0.15) is 48.9 Å². The van der Waals surface area contributed by atoms with Gasteiger partial charge < -0.3 is 0 Å². The minimum Gasteiger partial charge on any atom is -0.207 e. The van der Waals surface area contributed by atoms with Crippen LogP contribution in [-0.2, 0) is 25.7 Å². The SMILES string of the molecule is C/C=C/CCc1ccc(CCc2ccc(-c3ccc(CC/C=C/C)c(F)c3)cc2)c(F)c1. The highest BCUT2D eigenvalue weighted by molar-refractivity contribution is 5.64. The van der Waals surface area contributed by atoms with E-state index >= 15 is 0 Å². The molecule has 0 spiro atoms. The van der Waals surface area contributed by atoms with Gasteiger partial charge in [-0.15, -0.1) is 0 Å². The van der Waals surface area contributed by atoms with E-state index in [0.717, 1.165) is 59.1 Å². The molecule has 0 amide bonds. The monoisotopic (exact) mass is 430 g/mol. The Morgan fingerprint density at radius 2 is 1.12 bits per heavy atom. The van der Waals surface area contributed by atoms with Gasteiger partial charge in [0.15, 0.2) is 0 Å². The van der Waals surface area contributed by atoms with Crippen LogP contribution in [0.4, 0.5) is 8.78 Å². The Labute approximate surface area is 191 Å². The quantitative estimate of drug-likeness (QED) is 0.283. The maximum Gasteiger partial charge on any atom is 0.127 e. The summed E-state index contributed by atoms with van der Waals surface area (Å²) in [7, 11) is 0. The van der Waals surface area contributed by atoms with Crippen molar-refractivity contribution >= 4 is 0 Å². The number of halogens is 2. The van der Waals surface area contributed by atoms with Gasteiger partial charge in [0.2, 0.25) is 0 Å². The van der Waals surface area contributed by atoms with Gasteiger partial charge in [-0.2, -0.15) is 0 Å². The molecule has 0 nitrogen and oxygen atoms in total. The molecular weight excluding hydrogens is 398 g/mol. The smallest absolute Gasteiger partial charge is 0.127 e. The fourth-order valence-electron chi connectivity index (χ4n) is 3.84. The molecule has 0 N–H and O–H groups in total. The van der Waals surface area contributed by atoms with Gasteiger partial charge in [0, 0.05) is 0 Å². The van der Waals surface area contributed by atoms with Gasteiger partial charge in [-0.25, -0.2) is 8.78 Å². The highest BCUT2D eigenvalue weighted by Gasteiger charge is 2.07. The van der Waals surface area contributed by atoms with Crippen molar-refractivity contribution in [1.82, 2.24) is 0 Å². The molecule has 0 atom stereocenters. The molecule has 166 valence electrons. The summed E-state index contributed by atoms with van der Waals surface area (Å²) in [5, 5.41) is 0. The molecule has 32 heavy (non-hydrogen) atoms. The third-order valence-corrected chi connectivity index (χ3v) is 5.79. The number of hydrogen-bond donors (Lipinski definition) is 0. The van der Waals surface area contributed by atoms with Gasteiger partial charge in [-0.1, -0.05) is 72.8 Å². The minimum absolute atomic E-state index is 0.121. The van der Waals surface area contributed by atoms with Crippen LogP contribution in [-0.4, -0.2) is 0 Å². The fourth-order valence-corrected chi connectivity index (χ4v) is 3.84. The molecule has 0 saturated heterocycles. The van der Waals surface area contributed by atoms with Crippen LogP contribution in [0.3, 0.4) is 0 Å². The van der Waals surface area contributed by atoms with Crippen LogP contribution in [0, 0.1) is 11.6 Å². The summed E-state index contributed by atoms with van der Waals surface area (Å²) in [5.41, 5.74) is 5.55. The normalized spacial score (nSPS) is 11.6. The van der Waals surface area contributed by atoms with Crippen LogP contribution in [0.2, 0.25) is 0 Å². The maximum absolute atomic E-state index is 14.5. The van der Waals surface area contributed by atoms with E-state index in [1.807, 2.05) is 62.4 Å². The van der Waals surface area contributed by atoms with E-state index in [4.69, 9.17) is 0 Å². The number of rotatable bonds is 10. The molecule has 0 aliphatic heterocycles. The van der Waals surface area contributed by atoms with Crippen LogP contribution in [0.5, 0.6) is 0 Å². The summed E-state index contributed by atoms with van der Waals surface area (Å²) in [5.74, 6) is -0.273. The molecular formula is C30H32F2. The standard InChI is InChI=1S/C30H32F2/c1-3-5-7-9-24-14-18-27(29(31)21-24)17-13-23-11-15-25(16-12-23)28-20-19-26(30(32)22-28)10-8-6-4-2/h3-6,11-12,14-16,18-22H,7-10,13,17H2,1-2H3/b5-3+,6-4+. The van der Waals surface area contributed by atoms with Crippen molar-refractivity contribution in [3.05, 3.63) is 119 Å². The van der Waals surface area contributed by atoms with E-state index in [1.165, 1.54) is 0 Å². The van der Waals surface area contributed by atoms with E-state index in [9.17, 15) is 8.78 Å². The first-order valence-electron chi connectivity index (χ1n) is 11.5. The summed E-state index contributed by atoms with van der Waals surface area (Å²) in [4.78, 5) is 0. The van der Waals surface area contributed by atoms with Crippen LogP contribution in [0.25, 0.3) is 11.1 Å². The number of hydrogen-bond acceptors (Lipinski definition) is 0. The molecule has 0 saturated carbocycles. The van der Waals surface area contributed by atoms with E-state index < -0.39 is 0 Å². The van der Waals surface area contributed by atoms with E-state index in [2.05, 4.69) is 24.3 Å². The zero-order valence-electron chi connectivity index (χ0n) is 19.1. The lowest BCUT2D eigenvalue weighted by molar-refractivity contribution is 0.606. The number of allylic oxidation sites excluding steroid dienone is 4. The molecule has 0 radical (unpaired) electrons. The zero-order valence-corrected chi connectivity index (χ0v) is 19.1. The Balaban J connectivity index is 1.60. The molecule has 0 aliphatic carbocycles. The van der Waals surface area contributed by atoms with Crippen molar-refractivity contribution in [3.63, 3.8) is 0 Å². The molecule has 3 rings (SSSR count). The van der Waals surface area contributed by atoms with E-state index in [-0.39, 0.29) is 11.6 Å².